The van der Waals surface area contributed by atoms with Crippen molar-refractivity contribution in [2.45, 2.75) is 33.6 Å². The lowest BCUT2D eigenvalue weighted by Crippen LogP contribution is -2.32. The molecule has 0 saturated carbocycles. The van der Waals surface area contributed by atoms with E-state index in [2.05, 4.69) is 0 Å². The highest BCUT2D eigenvalue weighted by Crippen LogP contribution is 2.17. The van der Waals surface area contributed by atoms with Crippen LogP contribution in [0.15, 0.2) is 10.5 Å². The predicted molar refractivity (Wildman–Crippen MR) is 66.7 cm³/mol. The first-order valence-electron chi connectivity index (χ1n) is 6.09. The molecule has 1 heterocycles. The molecule has 1 N–H and O–H groups in total. The van der Waals surface area contributed by atoms with Crippen LogP contribution in [0.3, 0.4) is 0 Å². The summed E-state index contributed by atoms with van der Waals surface area (Å²) in [5, 5.41) is 8.64. The molecule has 0 aliphatic carbocycles. The van der Waals surface area contributed by atoms with Crippen molar-refractivity contribution in [3.05, 3.63) is 23.2 Å². The standard InChI is InChI=1S/C13H19NO4/c1-4-10-9(3)8-11(18-10)13(17)14(5-2)7-6-12(15)16/h8H,4-7H2,1-3H3,(H,15,16). The Morgan fingerprint density at radius 1 is 1.39 bits per heavy atom. The molecule has 0 unspecified atom stereocenters. The molecule has 0 aliphatic rings. The van der Waals surface area contributed by atoms with Crippen LogP contribution in [-0.4, -0.2) is 35.0 Å². The maximum absolute atomic E-state index is 12.1. The number of aryl methyl sites for hydroxylation is 2. The Bertz CT molecular complexity index is 436. The SMILES string of the molecule is CCc1oc(C(=O)N(CC)CCC(=O)O)cc1C. The summed E-state index contributed by atoms with van der Waals surface area (Å²) in [7, 11) is 0. The molecule has 1 aromatic heterocycles. The van der Waals surface area contributed by atoms with Gasteiger partial charge >= 0.3 is 5.97 Å². The van der Waals surface area contributed by atoms with E-state index in [4.69, 9.17) is 9.52 Å². The Morgan fingerprint density at radius 3 is 2.50 bits per heavy atom. The molecule has 5 nitrogen and oxygen atoms in total. The Kier molecular flexibility index (Phi) is 4.95. The number of carbonyl (C=O) groups is 2. The summed E-state index contributed by atoms with van der Waals surface area (Å²) >= 11 is 0. The zero-order valence-corrected chi connectivity index (χ0v) is 11.0. The van der Waals surface area contributed by atoms with Gasteiger partial charge in [0.25, 0.3) is 5.91 Å². The maximum Gasteiger partial charge on any atom is 0.305 e. The highest BCUT2D eigenvalue weighted by molar-refractivity contribution is 5.92. The predicted octanol–water partition coefficient (Wildman–Crippen LogP) is 2.09. The van der Waals surface area contributed by atoms with E-state index in [0.717, 1.165) is 17.7 Å². The quantitative estimate of drug-likeness (QED) is 0.842. The second-order valence-corrected chi connectivity index (χ2v) is 4.10. The van der Waals surface area contributed by atoms with Crippen LogP contribution in [-0.2, 0) is 11.2 Å². The van der Waals surface area contributed by atoms with E-state index in [9.17, 15) is 9.59 Å². The van der Waals surface area contributed by atoms with Gasteiger partial charge in [0, 0.05) is 19.5 Å². The van der Waals surface area contributed by atoms with E-state index in [0.29, 0.717) is 6.54 Å². The zero-order valence-electron chi connectivity index (χ0n) is 11.0. The highest BCUT2D eigenvalue weighted by atomic mass is 16.4. The molecule has 0 aromatic carbocycles. The third-order valence-electron chi connectivity index (χ3n) is 2.82. The van der Waals surface area contributed by atoms with E-state index in [1.807, 2.05) is 20.8 Å². The van der Waals surface area contributed by atoms with Crippen molar-refractivity contribution >= 4 is 11.9 Å². The van der Waals surface area contributed by atoms with Crippen LogP contribution in [0.2, 0.25) is 0 Å². The molecule has 1 rings (SSSR count). The number of nitrogens with zero attached hydrogens (tertiary/aromatic N) is 1. The van der Waals surface area contributed by atoms with Gasteiger partial charge in [-0.2, -0.15) is 0 Å². The van der Waals surface area contributed by atoms with Crippen molar-refractivity contribution in [2.75, 3.05) is 13.1 Å². The Labute approximate surface area is 106 Å². The Balaban J connectivity index is 2.79. The van der Waals surface area contributed by atoms with Gasteiger partial charge in [-0.1, -0.05) is 6.92 Å². The van der Waals surface area contributed by atoms with Crippen LogP contribution < -0.4 is 0 Å². The third-order valence-corrected chi connectivity index (χ3v) is 2.82. The normalized spacial score (nSPS) is 10.4. The fraction of sp³-hybridized carbons (Fsp3) is 0.538. The van der Waals surface area contributed by atoms with Crippen LogP contribution in [0.25, 0.3) is 0 Å². The highest BCUT2D eigenvalue weighted by Gasteiger charge is 2.19. The lowest BCUT2D eigenvalue weighted by molar-refractivity contribution is -0.137. The lowest BCUT2D eigenvalue weighted by Gasteiger charge is -2.18. The topological polar surface area (TPSA) is 70.8 Å². The van der Waals surface area contributed by atoms with Crippen LogP contribution in [0.4, 0.5) is 0 Å². The molecular weight excluding hydrogens is 234 g/mol. The largest absolute Gasteiger partial charge is 0.481 e. The number of rotatable bonds is 6. The van der Waals surface area contributed by atoms with Crippen LogP contribution in [0.1, 0.15) is 42.1 Å². The molecule has 1 amide bonds. The van der Waals surface area contributed by atoms with E-state index in [1.165, 1.54) is 4.90 Å². The fourth-order valence-electron chi connectivity index (χ4n) is 1.77. The molecule has 0 bridgehead atoms. The van der Waals surface area contributed by atoms with Gasteiger partial charge in [-0.15, -0.1) is 0 Å². The minimum absolute atomic E-state index is 0.0556. The van der Waals surface area contributed by atoms with Crippen molar-refractivity contribution in [2.24, 2.45) is 0 Å². The third kappa shape index (κ3) is 3.35. The summed E-state index contributed by atoms with van der Waals surface area (Å²) in [5.41, 5.74) is 0.954. The summed E-state index contributed by atoms with van der Waals surface area (Å²) in [6.07, 6.45) is 0.681. The zero-order chi connectivity index (χ0) is 13.7. The van der Waals surface area contributed by atoms with Crippen molar-refractivity contribution in [3.63, 3.8) is 0 Å². The van der Waals surface area contributed by atoms with E-state index in [-0.39, 0.29) is 24.6 Å². The minimum atomic E-state index is -0.911. The maximum atomic E-state index is 12.1. The van der Waals surface area contributed by atoms with Gasteiger partial charge in [0.1, 0.15) is 5.76 Å². The van der Waals surface area contributed by atoms with Crippen molar-refractivity contribution in [1.29, 1.82) is 0 Å². The Hall–Kier alpha value is -1.78. The van der Waals surface area contributed by atoms with E-state index in [1.54, 1.807) is 6.07 Å². The number of hydrogen-bond acceptors (Lipinski definition) is 3. The number of amides is 1. The van der Waals surface area contributed by atoms with E-state index < -0.39 is 5.97 Å². The summed E-state index contributed by atoms with van der Waals surface area (Å²) in [5.74, 6) is -0.0723. The molecular formula is C13H19NO4. The molecule has 0 aliphatic heterocycles. The number of carbonyl (C=O) groups excluding carboxylic acids is 1. The molecule has 18 heavy (non-hydrogen) atoms. The number of furan rings is 1. The summed E-state index contributed by atoms with van der Waals surface area (Å²) in [6, 6.07) is 1.71. The van der Waals surface area contributed by atoms with Gasteiger partial charge in [0.2, 0.25) is 0 Å². The molecule has 0 saturated heterocycles. The van der Waals surface area contributed by atoms with Crippen LogP contribution in [0, 0.1) is 6.92 Å². The number of hydrogen-bond donors (Lipinski definition) is 1. The van der Waals surface area contributed by atoms with Crippen LogP contribution in [0.5, 0.6) is 0 Å². The minimum Gasteiger partial charge on any atom is -0.481 e. The Morgan fingerprint density at radius 2 is 2.06 bits per heavy atom. The molecule has 0 spiro atoms. The average Bonchev–Trinajstić information content (AvgIpc) is 2.70. The average molecular weight is 253 g/mol. The lowest BCUT2D eigenvalue weighted by atomic mass is 10.2. The van der Waals surface area contributed by atoms with Gasteiger partial charge in [-0.05, 0) is 25.5 Å². The first-order chi connectivity index (χ1) is 8.49. The number of carboxylic acids is 1. The molecule has 100 valence electrons. The second-order valence-electron chi connectivity index (χ2n) is 4.10. The van der Waals surface area contributed by atoms with Gasteiger partial charge in [-0.25, -0.2) is 0 Å². The number of aliphatic carboxylic acids is 1. The number of carboxylic acid groups (broad SMARTS) is 1. The van der Waals surface area contributed by atoms with Crippen molar-refractivity contribution in [3.8, 4) is 0 Å². The molecule has 5 heteroatoms. The smallest absolute Gasteiger partial charge is 0.305 e. The first-order valence-corrected chi connectivity index (χ1v) is 6.09. The van der Waals surface area contributed by atoms with Gasteiger partial charge in [0.15, 0.2) is 5.76 Å². The fourth-order valence-corrected chi connectivity index (χ4v) is 1.77. The summed E-state index contributed by atoms with van der Waals surface area (Å²) in [4.78, 5) is 24.1. The van der Waals surface area contributed by atoms with Crippen LogP contribution >= 0.6 is 0 Å². The summed E-state index contributed by atoms with van der Waals surface area (Å²) < 4.78 is 5.48. The molecule has 0 atom stereocenters. The first kappa shape index (κ1) is 14.3. The van der Waals surface area contributed by atoms with Gasteiger partial charge < -0.3 is 14.4 Å². The van der Waals surface area contributed by atoms with Gasteiger partial charge in [-0.3, -0.25) is 9.59 Å². The second kappa shape index (κ2) is 6.23. The van der Waals surface area contributed by atoms with E-state index >= 15 is 0 Å². The summed E-state index contributed by atoms with van der Waals surface area (Å²) in [6.45, 7) is 6.34. The molecule has 0 radical (unpaired) electrons. The monoisotopic (exact) mass is 253 g/mol. The molecule has 1 aromatic rings. The van der Waals surface area contributed by atoms with Crippen molar-refractivity contribution in [1.82, 2.24) is 4.90 Å². The van der Waals surface area contributed by atoms with Crippen molar-refractivity contribution < 1.29 is 19.1 Å². The van der Waals surface area contributed by atoms with Gasteiger partial charge in [0.05, 0.1) is 6.42 Å². The molecule has 0 fully saturated rings.